The van der Waals surface area contributed by atoms with Crippen LogP contribution in [0.4, 0.5) is 0 Å². The molecule has 2 amide bonds. The van der Waals surface area contributed by atoms with Crippen molar-refractivity contribution in [2.24, 2.45) is 0 Å². The third-order valence-electron chi connectivity index (χ3n) is 5.95. The summed E-state index contributed by atoms with van der Waals surface area (Å²) in [6, 6.07) is 2.68. The minimum Gasteiger partial charge on any atom is -0.379 e. The van der Waals surface area contributed by atoms with Crippen molar-refractivity contribution in [1.29, 1.82) is 5.26 Å². The van der Waals surface area contributed by atoms with Gasteiger partial charge in [0, 0.05) is 50.5 Å². The second-order valence-electron chi connectivity index (χ2n) is 10.3. The van der Waals surface area contributed by atoms with E-state index >= 15 is 0 Å². The molecule has 0 aromatic heterocycles. The molecule has 0 saturated carbocycles. The van der Waals surface area contributed by atoms with E-state index in [1.165, 1.54) is 0 Å². The summed E-state index contributed by atoms with van der Waals surface area (Å²) in [5.74, 6) is 0.461. The van der Waals surface area contributed by atoms with Crippen molar-refractivity contribution in [3.63, 3.8) is 0 Å². The van der Waals surface area contributed by atoms with Gasteiger partial charge in [0.2, 0.25) is 11.8 Å². The van der Waals surface area contributed by atoms with Crippen LogP contribution in [0.15, 0.2) is 0 Å². The summed E-state index contributed by atoms with van der Waals surface area (Å²) in [5, 5.41) is 14.5. The summed E-state index contributed by atoms with van der Waals surface area (Å²) in [5.41, 5.74) is 0. The van der Waals surface area contributed by atoms with Crippen molar-refractivity contribution in [3.05, 3.63) is 0 Å². The Balaban J connectivity index is 3.73. The highest BCUT2D eigenvalue weighted by atomic mass is 35.5. The number of alkyl halides is 1. The molecule has 41 heavy (non-hydrogen) atoms. The van der Waals surface area contributed by atoms with Crippen LogP contribution in [0.3, 0.4) is 0 Å². The number of amides is 2. The molecule has 0 heterocycles. The van der Waals surface area contributed by atoms with Crippen LogP contribution < -0.4 is 10.6 Å². The fourth-order valence-corrected chi connectivity index (χ4v) is 5.72. The number of halogens is 1. The molecule has 1 atom stereocenters. The van der Waals surface area contributed by atoms with Gasteiger partial charge in [-0.1, -0.05) is 25.7 Å². The lowest BCUT2D eigenvalue weighted by Gasteiger charge is -2.35. The first-order chi connectivity index (χ1) is 19.8. The van der Waals surface area contributed by atoms with E-state index in [1.54, 1.807) is 0 Å². The van der Waals surface area contributed by atoms with E-state index in [4.69, 9.17) is 35.4 Å². The third-order valence-corrected chi connectivity index (χ3v) is 8.32. The maximum Gasteiger partial charge on any atom is 0.259 e. The first kappa shape index (κ1) is 40.0. The highest BCUT2D eigenvalue weighted by molar-refractivity contribution is 7.44. The third kappa shape index (κ3) is 25.2. The fourth-order valence-electron chi connectivity index (χ4n) is 3.91. The lowest BCUT2D eigenvalue weighted by molar-refractivity contribution is -0.126. The van der Waals surface area contributed by atoms with Gasteiger partial charge in [0.1, 0.15) is 0 Å². The van der Waals surface area contributed by atoms with Gasteiger partial charge in [-0.2, -0.15) is 5.26 Å². The van der Waals surface area contributed by atoms with Gasteiger partial charge >= 0.3 is 0 Å². The minimum absolute atomic E-state index is 0.109. The average Bonchev–Trinajstić information content (AvgIpc) is 2.93. The zero-order valence-electron chi connectivity index (χ0n) is 26.0. The van der Waals surface area contributed by atoms with Crippen molar-refractivity contribution < 1.29 is 28.1 Å². The first-order valence-electron chi connectivity index (χ1n) is 15.3. The largest absolute Gasteiger partial charge is 0.379 e. The predicted octanol–water partition coefficient (Wildman–Crippen LogP) is 5.68. The second-order valence-corrected chi connectivity index (χ2v) is 12.2. The number of nitrogens with one attached hydrogen (secondary N) is 2. The molecular weight excluding hydrogens is 567 g/mol. The molecule has 0 aliphatic rings. The van der Waals surface area contributed by atoms with Crippen LogP contribution in [-0.4, -0.2) is 87.2 Å². The van der Waals surface area contributed by atoms with Crippen molar-refractivity contribution in [2.45, 2.75) is 110 Å². The van der Waals surface area contributed by atoms with Crippen molar-refractivity contribution >= 4 is 31.9 Å². The van der Waals surface area contributed by atoms with Crippen LogP contribution in [0.25, 0.3) is 0 Å². The molecule has 0 aliphatic carbocycles. The number of ether oxygens (including phenoxy) is 2. The monoisotopic (exact) mass is 622 g/mol. The number of rotatable bonds is 29. The molecule has 1 unspecified atom stereocenters. The average molecular weight is 623 g/mol. The lowest BCUT2D eigenvalue weighted by Crippen LogP contribution is -2.33. The molecule has 0 rings (SSSR count). The van der Waals surface area contributed by atoms with Crippen LogP contribution in [-0.2, 0) is 28.1 Å². The molecule has 0 spiro atoms. The number of carbonyl (C=O) groups excluding carboxylic acids is 2. The summed E-state index contributed by atoms with van der Waals surface area (Å²) in [6.45, 7) is 12.7. The van der Waals surface area contributed by atoms with Crippen LogP contribution in [0.5, 0.6) is 0 Å². The molecule has 0 aromatic rings. The Kier molecular flexibility index (Phi) is 28.3. The van der Waals surface area contributed by atoms with E-state index in [-0.39, 0.29) is 36.7 Å². The maximum absolute atomic E-state index is 12.0. The second kappa shape index (κ2) is 29.0. The molecule has 0 aliphatic heterocycles. The van der Waals surface area contributed by atoms with Crippen molar-refractivity contribution in [1.82, 2.24) is 15.3 Å². The Hall–Kier alpha value is -1.05. The number of hydrogen-bond donors (Lipinski definition) is 2. The van der Waals surface area contributed by atoms with E-state index in [1.807, 2.05) is 0 Å². The number of unbranched alkanes of at least 4 members (excludes halogenated alkanes) is 6. The number of carbonyl (C=O) groups is 2. The first-order valence-corrected chi connectivity index (χ1v) is 17.0. The fraction of sp³-hybridized carbons (Fsp3) is 0.897. The van der Waals surface area contributed by atoms with Gasteiger partial charge in [-0.15, -0.1) is 11.6 Å². The Morgan fingerprint density at radius 1 is 0.732 bits per heavy atom. The van der Waals surface area contributed by atoms with Gasteiger partial charge in [0.05, 0.1) is 45.5 Å². The lowest BCUT2D eigenvalue weighted by atomic mass is 10.2. The van der Waals surface area contributed by atoms with Crippen molar-refractivity contribution in [3.8, 4) is 6.07 Å². The Morgan fingerprint density at radius 2 is 1.27 bits per heavy atom. The standard InChI is InChI=1S/C29H56ClN4O6P/c1-26(2)34(27(3)4)41(40-22-13-17-31)39-21-12-8-6-10-18-32-28(35)14-15-29(36)33-19-23-38-25-24-37-20-11-7-5-9-16-30/h26-27H,5-16,18-25H2,1-4H3,(H,32,35)(H,33,36). The molecule has 0 fully saturated rings. The SMILES string of the molecule is CC(C)N(C(C)C)P(OCCC#N)OCCCCCCNC(=O)CCC(=O)NCCOCCOCCCCCCCl. The van der Waals surface area contributed by atoms with E-state index in [0.717, 1.165) is 63.9 Å². The maximum atomic E-state index is 12.0. The quantitative estimate of drug-likeness (QED) is 0.0620. The molecule has 2 N–H and O–H groups in total. The molecular formula is C29H56ClN4O6P. The van der Waals surface area contributed by atoms with Crippen LogP contribution in [0, 0.1) is 11.3 Å². The van der Waals surface area contributed by atoms with Crippen LogP contribution in [0.2, 0.25) is 0 Å². The molecule has 240 valence electrons. The number of nitrogens with zero attached hydrogens (tertiary/aromatic N) is 2. The van der Waals surface area contributed by atoms with Crippen LogP contribution in [0.1, 0.15) is 98.3 Å². The molecule has 10 nitrogen and oxygen atoms in total. The molecule has 0 saturated heterocycles. The smallest absolute Gasteiger partial charge is 0.259 e. The van der Waals surface area contributed by atoms with Gasteiger partial charge in [-0.3, -0.25) is 9.59 Å². The summed E-state index contributed by atoms with van der Waals surface area (Å²) >= 11 is 5.65. The summed E-state index contributed by atoms with van der Waals surface area (Å²) in [6.07, 6.45) is 8.82. The molecule has 0 radical (unpaired) electrons. The van der Waals surface area contributed by atoms with E-state index in [2.05, 4.69) is 49.1 Å². The number of nitriles is 1. The number of hydrogen-bond acceptors (Lipinski definition) is 8. The van der Waals surface area contributed by atoms with Gasteiger partial charge in [-0.25, -0.2) is 4.67 Å². The minimum atomic E-state index is -1.19. The zero-order chi connectivity index (χ0) is 30.6. The summed E-state index contributed by atoms with van der Waals surface area (Å²) < 4.78 is 25.2. The molecule has 0 bridgehead atoms. The Morgan fingerprint density at radius 3 is 1.88 bits per heavy atom. The Bertz CT molecular complexity index is 676. The van der Waals surface area contributed by atoms with Gasteiger partial charge in [-0.05, 0) is 53.4 Å². The zero-order valence-corrected chi connectivity index (χ0v) is 27.6. The normalized spacial score (nSPS) is 12.2. The summed E-state index contributed by atoms with van der Waals surface area (Å²) in [7, 11) is -1.19. The topological polar surface area (TPSA) is 122 Å². The molecule has 0 aromatic carbocycles. The van der Waals surface area contributed by atoms with Gasteiger partial charge in [0.15, 0.2) is 0 Å². The van der Waals surface area contributed by atoms with Crippen LogP contribution >= 0.6 is 20.1 Å². The predicted molar refractivity (Wildman–Crippen MR) is 166 cm³/mol. The Labute approximate surface area is 255 Å². The van der Waals surface area contributed by atoms with Gasteiger partial charge in [0.25, 0.3) is 8.53 Å². The highest BCUT2D eigenvalue weighted by Gasteiger charge is 2.26. The van der Waals surface area contributed by atoms with E-state index < -0.39 is 8.53 Å². The highest BCUT2D eigenvalue weighted by Crippen LogP contribution is 2.46. The molecule has 12 heteroatoms. The van der Waals surface area contributed by atoms with E-state index in [9.17, 15) is 9.59 Å². The van der Waals surface area contributed by atoms with Crippen molar-refractivity contribution in [2.75, 3.05) is 58.6 Å². The van der Waals surface area contributed by atoms with Gasteiger partial charge < -0.3 is 29.2 Å². The summed E-state index contributed by atoms with van der Waals surface area (Å²) in [4.78, 5) is 24.0. The van der Waals surface area contributed by atoms with E-state index in [0.29, 0.717) is 52.5 Å².